The number of hydrogen-bond donors (Lipinski definition) is 1. The van der Waals surface area contributed by atoms with Gasteiger partial charge in [-0.2, -0.15) is 13.2 Å². The second kappa shape index (κ2) is 6.34. The van der Waals surface area contributed by atoms with Crippen LogP contribution in [0.1, 0.15) is 23.6 Å². The van der Waals surface area contributed by atoms with Crippen molar-refractivity contribution in [3.8, 4) is 0 Å². The van der Waals surface area contributed by atoms with E-state index in [9.17, 15) is 18.0 Å². The van der Waals surface area contributed by atoms with Crippen LogP contribution in [0.2, 0.25) is 0 Å². The molecule has 0 spiro atoms. The third-order valence-electron chi connectivity index (χ3n) is 3.42. The van der Waals surface area contributed by atoms with Gasteiger partial charge in [-0.3, -0.25) is 9.20 Å². The molecule has 3 rings (SSSR count). The van der Waals surface area contributed by atoms with Crippen LogP contribution in [0.5, 0.6) is 0 Å². The molecule has 0 aliphatic heterocycles. The van der Waals surface area contributed by atoms with E-state index in [4.69, 9.17) is 4.42 Å². The fourth-order valence-corrected chi connectivity index (χ4v) is 2.18. The average Bonchev–Trinajstić information content (AvgIpc) is 3.19. The Morgan fingerprint density at radius 2 is 2.08 bits per heavy atom. The standard InChI is InChI=1S/C15H13F3N4O2/c16-15(17,18)10-3-5-12-20-21-13(22(12)9-10)8-19-14(23)6-4-11-2-1-7-24-11/h1-3,5,7,9H,4,6,8H2,(H,19,23). The van der Waals surface area contributed by atoms with Crippen LogP contribution in [0.4, 0.5) is 13.2 Å². The Morgan fingerprint density at radius 3 is 2.79 bits per heavy atom. The van der Waals surface area contributed by atoms with E-state index < -0.39 is 11.7 Å². The Hall–Kier alpha value is -2.84. The smallest absolute Gasteiger partial charge is 0.417 e. The summed E-state index contributed by atoms with van der Waals surface area (Å²) in [4.78, 5) is 11.8. The molecule has 3 aromatic heterocycles. The summed E-state index contributed by atoms with van der Waals surface area (Å²) in [6.45, 7) is -0.0144. The first kappa shape index (κ1) is 16.0. The van der Waals surface area contributed by atoms with Crippen LogP contribution in [0, 0.1) is 0 Å². The zero-order valence-corrected chi connectivity index (χ0v) is 12.4. The molecule has 6 nitrogen and oxygen atoms in total. The monoisotopic (exact) mass is 338 g/mol. The molecule has 0 unspecified atom stereocenters. The van der Waals surface area contributed by atoms with Crippen LogP contribution in [0.3, 0.4) is 0 Å². The van der Waals surface area contributed by atoms with E-state index in [1.165, 1.54) is 16.7 Å². The van der Waals surface area contributed by atoms with Gasteiger partial charge >= 0.3 is 6.18 Å². The first-order chi connectivity index (χ1) is 11.4. The summed E-state index contributed by atoms with van der Waals surface area (Å²) in [5.74, 6) is 0.658. The minimum absolute atomic E-state index is 0.0144. The summed E-state index contributed by atoms with van der Waals surface area (Å²) in [7, 11) is 0. The van der Waals surface area contributed by atoms with E-state index in [1.807, 2.05) is 0 Å². The van der Waals surface area contributed by atoms with Crippen LogP contribution < -0.4 is 5.32 Å². The molecular weight excluding hydrogens is 325 g/mol. The van der Waals surface area contributed by atoms with Crippen molar-refractivity contribution in [3.63, 3.8) is 0 Å². The van der Waals surface area contributed by atoms with Crippen molar-refractivity contribution < 1.29 is 22.4 Å². The molecule has 0 fully saturated rings. The maximum atomic E-state index is 12.8. The minimum atomic E-state index is -4.46. The number of rotatable bonds is 5. The molecule has 0 saturated heterocycles. The molecule has 126 valence electrons. The van der Waals surface area contributed by atoms with Crippen molar-refractivity contribution in [3.05, 3.63) is 53.9 Å². The highest BCUT2D eigenvalue weighted by Crippen LogP contribution is 2.29. The van der Waals surface area contributed by atoms with Crippen molar-refractivity contribution in [1.82, 2.24) is 19.9 Å². The second-order valence-corrected chi connectivity index (χ2v) is 5.12. The highest BCUT2D eigenvalue weighted by molar-refractivity contribution is 5.76. The van der Waals surface area contributed by atoms with E-state index in [0.717, 1.165) is 12.3 Å². The zero-order valence-electron chi connectivity index (χ0n) is 12.4. The molecule has 0 saturated carbocycles. The third-order valence-corrected chi connectivity index (χ3v) is 3.42. The van der Waals surface area contributed by atoms with E-state index >= 15 is 0 Å². The van der Waals surface area contributed by atoms with Crippen LogP contribution in [0.25, 0.3) is 5.65 Å². The molecule has 0 aliphatic rings. The van der Waals surface area contributed by atoms with Gasteiger partial charge in [-0.15, -0.1) is 10.2 Å². The highest BCUT2D eigenvalue weighted by atomic mass is 19.4. The van der Waals surface area contributed by atoms with Gasteiger partial charge in [-0.25, -0.2) is 0 Å². The maximum Gasteiger partial charge on any atom is 0.417 e. The van der Waals surface area contributed by atoms with Gasteiger partial charge in [0.25, 0.3) is 0 Å². The van der Waals surface area contributed by atoms with Crippen LogP contribution >= 0.6 is 0 Å². The predicted molar refractivity (Wildman–Crippen MR) is 76.9 cm³/mol. The summed E-state index contributed by atoms with van der Waals surface area (Å²) in [6, 6.07) is 5.67. The Bertz CT molecular complexity index is 840. The number of alkyl halides is 3. The molecule has 0 radical (unpaired) electrons. The number of halogens is 3. The van der Waals surface area contributed by atoms with Gasteiger partial charge in [-0.05, 0) is 24.3 Å². The number of aromatic nitrogens is 3. The molecule has 24 heavy (non-hydrogen) atoms. The summed E-state index contributed by atoms with van der Waals surface area (Å²) in [5.41, 5.74) is -0.525. The number of furan rings is 1. The van der Waals surface area contributed by atoms with Crippen molar-refractivity contribution in [1.29, 1.82) is 0 Å². The van der Waals surface area contributed by atoms with Crippen molar-refractivity contribution in [2.45, 2.75) is 25.6 Å². The van der Waals surface area contributed by atoms with Crippen molar-refractivity contribution >= 4 is 11.6 Å². The fraction of sp³-hybridized carbons (Fsp3) is 0.267. The van der Waals surface area contributed by atoms with Gasteiger partial charge in [0, 0.05) is 19.0 Å². The topological polar surface area (TPSA) is 72.4 Å². The van der Waals surface area contributed by atoms with E-state index in [-0.39, 0.29) is 30.3 Å². The number of nitrogens with one attached hydrogen (secondary N) is 1. The quantitative estimate of drug-likeness (QED) is 0.776. The predicted octanol–water partition coefficient (Wildman–Crippen LogP) is 2.59. The molecule has 0 aromatic carbocycles. The summed E-state index contributed by atoms with van der Waals surface area (Å²) < 4.78 is 44.7. The number of nitrogens with zero attached hydrogens (tertiary/aromatic N) is 3. The van der Waals surface area contributed by atoms with Gasteiger partial charge in [0.05, 0.1) is 18.4 Å². The largest absolute Gasteiger partial charge is 0.469 e. The summed E-state index contributed by atoms with van der Waals surface area (Å²) >= 11 is 0. The van der Waals surface area contributed by atoms with Gasteiger partial charge in [0.1, 0.15) is 5.76 Å². The number of pyridine rings is 1. The van der Waals surface area contributed by atoms with E-state index in [0.29, 0.717) is 12.2 Å². The molecule has 0 bridgehead atoms. The van der Waals surface area contributed by atoms with Crippen molar-refractivity contribution in [2.24, 2.45) is 0 Å². The average molecular weight is 338 g/mol. The first-order valence-corrected chi connectivity index (χ1v) is 7.13. The number of carbonyl (C=O) groups is 1. The lowest BCUT2D eigenvalue weighted by Crippen LogP contribution is -2.24. The number of aryl methyl sites for hydroxylation is 1. The highest BCUT2D eigenvalue weighted by Gasteiger charge is 2.31. The minimum Gasteiger partial charge on any atom is -0.469 e. The Kier molecular flexibility index (Phi) is 4.24. The zero-order chi connectivity index (χ0) is 17.2. The SMILES string of the molecule is O=C(CCc1ccco1)NCc1nnc2ccc(C(F)(F)F)cn12. The van der Waals surface area contributed by atoms with Gasteiger partial charge in [0.15, 0.2) is 11.5 Å². The lowest BCUT2D eigenvalue weighted by atomic mass is 10.2. The fourth-order valence-electron chi connectivity index (χ4n) is 2.18. The van der Waals surface area contributed by atoms with Crippen LogP contribution in [0.15, 0.2) is 41.1 Å². The lowest BCUT2D eigenvalue weighted by Gasteiger charge is -2.08. The number of carbonyl (C=O) groups excluding carboxylic acids is 1. The third kappa shape index (κ3) is 3.55. The molecular formula is C15H13F3N4O2. The normalized spacial score (nSPS) is 11.8. The maximum absolute atomic E-state index is 12.8. The molecule has 1 N–H and O–H groups in total. The first-order valence-electron chi connectivity index (χ1n) is 7.13. The Morgan fingerprint density at radius 1 is 1.25 bits per heavy atom. The van der Waals surface area contributed by atoms with Gasteiger partial charge < -0.3 is 9.73 Å². The van der Waals surface area contributed by atoms with Gasteiger partial charge in [-0.1, -0.05) is 0 Å². The molecule has 3 heterocycles. The summed E-state index contributed by atoms with van der Waals surface area (Å²) in [6.07, 6.45) is -1.37. The van der Waals surface area contributed by atoms with Crippen molar-refractivity contribution in [2.75, 3.05) is 0 Å². The molecule has 0 atom stereocenters. The lowest BCUT2D eigenvalue weighted by molar-refractivity contribution is -0.137. The van der Waals surface area contributed by atoms with E-state index in [2.05, 4.69) is 15.5 Å². The Labute approximate surface area is 134 Å². The molecule has 3 aromatic rings. The van der Waals surface area contributed by atoms with Gasteiger partial charge in [0.2, 0.25) is 5.91 Å². The molecule has 9 heteroatoms. The molecule has 0 aliphatic carbocycles. The Balaban J connectivity index is 1.65. The van der Waals surface area contributed by atoms with Crippen LogP contribution in [-0.4, -0.2) is 20.5 Å². The number of hydrogen-bond acceptors (Lipinski definition) is 4. The number of fused-ring (bicyclic) bond motifs is 1. The number of amides is 1. The summed E-state index contributed by atoms with van der Waals surface area (Å²) in [5, 5.41) is 10.2. The van der Waals surface area contributed by atoms with E-state index in [1.54, 1.807) is 12.1 Å². The second-order valence-electron chi connectivity index (χ2n) is 5.12. The van der Waals surface area contributed by atoms with Crippen LogP contribution in [-0.2, 0) is 23.9 Å². The molecule has 1 amide bonds.